The van der Waals surface area contributed by atoms with Crippen molar-refractivity contribution in [2.45, 2.75) is 12.6 Å². The summed E-state index contributed by atoms with van der Waals surface area (Å²) >= 11 is 12.3. The molecule has 1 unspecified atom stereocenters. The Hall–Kier alpha value is -3.41. The number of benzene rings is 2. The third-order valence-corrected chi connectivity index (χ3v) is 5.87. The van der Waals surface area contributed by atoms with Gasteiger partial charge in [0.2, 0.25) is 0 Å². The van der Waals surface area contributed by atoms with E-state index in [0.29, 0.717) is 10.6 Å². The van der Waals surface area contributed by atoms with E-state index in [1.165, 1.54) is 11.0 Å². The lowest BCUT2D eigenvalue weighted by molar-refractivity contribution is -0.130. The van der Waals surface area contributed by atoms with Gasteiger partial charge in [0.15, 0.2) is 11.5 Å². The molecule has 0 saturated heterocycles. The largest absolute Gasteiger partial charge is 0.503 e. The fourth-order valence-corrected chi connectivity index (χ4v) is 3.92. The second-order valence-corrected chi connectivity index (χ2v) is 8.06. The lowest BCUT2D eigenvalue weighted by Gasteiger charge is -2.27. The third-order valence-electron chi connectivity index (χ3n) is 5.13. The monoisotopic (exact) mass is 464 g/mol. The molecular weight excluding hydrogens is 447 g/mol. The Morgan fingerprint density at radius 1 is 1.06 bits per heavy atom. The normalized spacial score (nSPS) is 16.2. The molecule has 0 spiro atoms. The van der Waals surface area contributed by atoms with Crippen LogP contribution in [0, 0.1) is 0 Å². The molecule has 2 heterocycles. The van der Waals surface area contributed by atoms with Crippen LogP contribution < -0.4 is 0 Å². The van der Waals surface area contributed by atoms with Crippen LogP contribution in [-0.4, -0.2) is 26.7 Å². The van der Waals surface area contributed by atoms with Crippen LogP contribution >= 0.6 is 23.2 Å². The maximum atomic E-state index is 13.2. The molecule has 4 rings (SSSR count). The fraction of sp³-hybridized carbons (Fsp3) is 0.0800. The predicted octanol–water partition coefficient (Wildman–Crippen LogP) is 5.57. The lowest BCUT2D eigenvalue weighted by Crippen LogP contribution is -2.30. The Kier molecular flexibility index (Phi) is 6.40. The molecule has 32 heavy (non-hydrogen) atoms. The molecule has 0 saturated carbocycles. The van der Waals surface area contributed by atoms with Gasteiger partial charge in [-0.05, 0) is 41.0 Å². The van der Waals surface area contributed by atoms with Gasteiger partial charge in [0, 0.05) is 18.9 Å². The molecule has 1 N–H and O–H groups in total. The highest BCUT2D eigenvalue weighted by atomic mass is 35.5. The van der Waals surface area contributed by atoms with Crippen LogP contribution in [0.4, 0.5) is 0 Å². The van der Waals surface area contributed by atoms with Crippen LogP contribution in [0.1, 0.15) is 22.7 Å². The average molecular weight is 465 g/mol. The van der Waals surface area contributed by atoms with Crippen molar-refractivity contribution >= 4 is 41.0 Å². The quantitative estimate of drug-likeness (QED) is 0.484. The first-order valence-electron chi connectivity index (χ1n) is 9.81. The summed E-state index contributed by atoms with van der Waals surface area (Å²) in [7, 11) is 0. The van der Waals surface area contributed by atoms with Gasteiger partial charge in [0.1, 0.15) is 0 Å². The number of amides is 1. The number of carbonyl (C=O) groups is 2. The molecule has 0 bridgehead atoms. The number of pyridine rings is 1. The number of rotatable bonds is 6. The highest BCUT2D eigenvalue weighted by molar-refractivity contribution is 6.42. The number of ketones is 1. The van der Waals surface area contributed by atoms with Gasteiger partial charge in [-0.15, -0.1) is 0 Å². The SMILES string of the molecule is O=C(C=Cc1ccccc1)C1=C(O)C(=O)N(Cc2cccnc2)C1c1ccc(Cl)c(Cl)c1. The Morgan fingerprint density at radius 3 is 2.53 bits per heavy atom. The summed E-state index contributed by atoms with van der Waals surface area (Å²) in [6.07, 6.45) is 6.26. The van der Waals surface area contributed by atoms with Crippen LogP contribution in [0.2, 0.25) is 10.0 Å². The summed E-state index contributed by atoms with van der Waals surface area (Å²) in [5.41, 5.74) is 2.14. The van der Waals surface area contributed by atoms with E-state index in [1.54, 1.807) is 42.7 Å². The average Bonchev–Trinajstić information content (AvgIpc) is 3.06. The zero-order chi connectivity index (χ0) is 22.7. The number of halogens is 2. The summed E-state index contributed by atoms with van der Waals surface area (Å²) in [5, 5.41) is 11.3. The number of aliphatic hydroxyl groups is 1. The van der Waals surface area contributed by atoms with Crippen LogP contribution in [-0.2, 0) is 16.1 Å². The van der Waals surface area contributed by atoms with Gasteiger partial charge < -0.3 is 10.0 Å². The predicted molar refractivity (Wildman–Crippen MR) is 124 cm³/mol. The standard InChI is InChI=1S/C25H18Cl2N2O3/c26-19-10-9-18(13-20(19)27)23-22(21(30)11-8-16-5-2-1-3-6-16)24(31)25(32)29(23)15-17-7-4-12-28-14-17/h1-14,23,31H,15H2. The number of carbonyl (C=O) groups excluding carboxylic acids is 2. The summed E-state index contributed by atoms with van der Waals surface area (Å²) in [5.74, 6) is -1.68. The Morgan fingerprint density at radius 2 is 1.84 bits per heavy atom. The first-order valence-corrected chi connectivity index (χ1v) is 10.6. The van der Waals surface area contributed by atoms with E-state index >= 15 is 0 Å². The Bertz CT molecular complexity index is 1220. The molecule has 1 amide bonds. The topological polar surface area (TPSA) is 70.5 Å². The van der Waals surface area contributed by atoms with Crippen molar-refractivity contribution in [1.82, 2.24) is 9.88 Å². The van der Waals surface area contributed by atoms with Gasteiger partial charge in [-0.1, -0.05) is 71.7 Å². The zero-order valence-corrected chi connectivity index (χ0v) is 18.3. The van der Waals surface area contributed by atoms with E-state index in [-0.39, 0.29) is 17.1 Å². The molecule has 1 aromatic heterocycles. The summed E-state index contributed by atoms with van der Waals surface area (Å²) in [6, 6.07) is 16.9. The van der Waals surface area contributed by atoms with Crippen molar-refractivity contribution < 1.29 is 14.7 Å². The molecular formula is C25H18Cl2N2O3. The number of allylic oxidation sites excluding steroid dienone is 1. The Balaban J connectivity index is 1.75. The molecule has 160 valence electrons. The molecule has 0 radical (unpaired) electrons. The molecule has 7 heteroatoms. The number of aliphatic hydroxyl groups excluding tert-OH is 1. The molecule has 1 aliphatic heterocycles. The van der Waals surface area contributed by atoms with Gasteiger partial charge in [-0.2, -0.15) is 0 Å². The van der Waals surface area contributed by atoms with E-state index in [9.17, 15) is 14.7 Å². The highest BCUT2D eigenvalue weighted by Crippen LogP contribution is 2.40. The highest BCUT2D eigenvalue weighted by Gasteiger charge is 2.43. The van der Waals surface area contributed by atoms with Crippen molar-refractivity contribution in [2.24, 2.45) is 0 Å². The second kappa shape index (κ2) is 9.39. The molecule has 5 nitrogen and oxygen atoms in total. The maximum absolute atomic E-state index is 13.2. The molecule has 1 atom stereocenters. The lowest BCUT2D eigenvalue weighted by atomic mass is 9.95. The van der Waals surface area contributed by atoms with Crippen molar-refractivity contribution in [3.05, 3.63) is 117 Å². The summed E-state index contributed by atoms with van der Waals surface area (Å²) < 4.78 is 0. The number of hydrogen-bond acceptors (Lipinski definition) is 4. The first-order chi connectivity index (χ1) is 15.5. The number of aromatic nitrogens is 1. The van der Waals surface area contributed by atoms with Crippen molar-refractivity contribution in [1.29, 1.82) is 0 Å². The van der Waals surface area contributed by atoms with E-state index in [2.05, 4.69) is 4.98 Å². The molecule has 2 aromatic carbocycles. The molecule has 0 fully saturated rings. The van der Waals surface area contributed by atoms with Gasteiger partial charge in [0.05, 0.1) is 21.7 Å². The maximum Gasteiger partial charge on any atom is 0.290 e. The van der Waals surface area contributed by atoms with Gasteiger partial charge in [0.25, 0.3) is 5.91 Å². The smallest absolute Gasteiger partial charge is 0.290 e. The number of nitrogens with zero attached hydrogens (tertiary/aromatic N) is 2. The van der Waals surface area contributed by atoms with Crippen LogP contribution in [0.25, 0.3) is 6.08 Å². The summed E-state index contributed by atoms with van der Waals surface area (Å²) in [4.78, 5) is 31.7. The third kappa shape index (κ3) is 4.44. The fourth-order valence-electron chi connectivity index (χ4n) is 3.61. The minimum absolute atomic E-state index is 0.00976. The van der Waals surface area contributed by atoms with Crippen molar-refractivity contribution in [3.63, 3.8) is 0 Å². The van der Waals surface area contributed by atoms with Crippen LogP contribution in [0.3, 0.4) is 0 Å². The Labute approximate surface area is 195 Å². The van der Waals surface area contributed by atoms with Crippen molar-refractivity contribution in [2.75, 3.05) is 0 Å². The first kappa shape index (κ1) is 21.8. The molecule has 0 aliphatic carbocycles. The van der Waals surface area contributed by atoms with E-state index in [4.69, 9.17) is 23.2 Å². The minimum Gasteiger partial charge on any atom is -0.503 e. The number of hydrogen-bond donors (Lipinski definition) is 1. The molecule has 1 aliphatic rings. The van der Waals surface area contributed by atoms with Crippen molar-refractivity contribution in [3.8, 4) is 0 Å². The second-order valence-electron chi connectivity index (χ2n) is 7.24. The van der Waals surface area contributed by atoms with E-state index in [1.807, 2.05) is 36.4 Å². The minimum atomic E-state index is -0.828. The van der Waals surface area contributed by atoms with E-state index in [0.717, 1.165) is 11.1 Å². The van der Waals surface area contributed by atoms with Gasteiger partial charge in [-0.3, -0.25) is 14.6 Å². The summed E-state index contributed by atoms with van der Waals surface area (Å²) in [6.45, 7) is 0.154. The van der Waals surface area contributed by atoms with Gasteiger partial charge in [-0.25, -0.2) is 0 Å². The zero-order valence-electron chi connectivity index (χ0n) is 16.8. The van der Waals surface area contributed by atoms with Crippen LogP contribution in [0.15, 0.2) is 90.5 Å². The van der Waals surface area contributed by atoms with Gasteiger partial charge >= 0.3 is 0 Å². The van der Waals surface area contributed by atoms with Crippen LogP contribution in [0.5, 0.6) is 0 Å². The van der Waals surface area contributed by atoms with E-state index < -0.39 is 23.5 Å². The molecule has 3 aromatic rings.